The van der Waals surface area contributed by atoms with Crippen molar-refractivity contribution in [2.75, 3.05) is 0 Å². The SMILES string of the molecule is CC1=C=[C-]C=C1C.C[C](C)=[Ti+2].[Cl-].[Cl-].c1cc[cH-]c1. The van der Waals surface area contributed by atoms with E-state index < -0.39 is 0 Å². The number of allylic oxidation sites excluding steroid dienone is 3. The van der Waals surface area contributed by atoms with E-state index in [1.54, 1.807) is 0 Å². The maximum atomic E-state index is 2.94. The van der Waals surface area contributed by atoms with Crippen molar-refractivity contribution in [3.8, 4) is 0 Å². The predicted octanol–water partition coefficient (Wildman–Crippen LogP) is -1.99. The summed E-state index contributed by atoms with van der Waals surface area (Å²) in [6.07, 6.45) is 4.81. The zero-order valence-corrected chi connectivity index (χ0v) is 14.3. The van der Waals surface area contributed by atoms with Crippen molar-refractivity contribution in [2.45, 2.75) is 27.7 Å². The van der Waals surface area contributed by atoms with Crippen LogP contribution >= 0.6 is 0 Å². The minimum absolute atomic E-state index is 0. The van der Waals surface area contributed by atoms with E-state index >= 15 is 0 Å². The van der Waals surface area contributed by atoms with Crippen LogP contribution in [-0.2, 0) is 20.0 Å². The number of hydrogen-bond donors (Lipinski definition) is 0. The second kappa shape index (κ2) is 14.8. The Morgan fingerprint density at radius 1 is 1.17 bits per heavy atom. The molecule has 0 aromatic heterocycles. The summed E-state index contributed by atoms with van der Waals surface area (Å²) in [5.74, 6) is 0. The topological polar surface area (TPSA) is 0 Å². The largest absolute Gasteiger partial charge is 1.00 e. The fraction of sp³-hybridized carbons (Fsp3) is 0.267. The third kappa shape index (κ3) is 15.8. The van der Waals surface area contributed by atoms with Crippen molar-refractivity contribution in [3.63, 3.8) is 0 Å². The van der Waals surface area contributed by atoms with Crippen LogP contribution < -0.4 is 24.8 Å². The average Bonchev–Trinajstić information content (AvgIpc) is 2.81. The van der Waals surface area contributed by atoms with E-state index in [2.05, 4.69) is 52.6 Å². The Balaban J connectivity index is -0.000000185. The van der Waals surface area contributed by atoms with Gasteiger partial charge in [0.15, 0.2) is 0 Å². The summed E-state index contributed by atoms with van der Waals surface area (Å²) in [7, 11) is 0. The Morgan fingerprint density at radius 2 is 1.61 bits per heavy atom. The summed E-state index contributed by atoms with van der Waals surface area (Å²) in [6, 6.07) is 10.0. The summed E-state index contributed by atoms with van der Waals surface area (Å²) in [6.45, 7) is 8.26. The van der Waals surface area contributed by atoms with Gasteiger partial charge in [0.2, 0.25) is 0 Å². The number of hydrogen-bond acceptors (Lipinski definition) is 0. The third-order valence-electron chi connectivity index (χ3n) is 1.70. The normalized spacial score (nSPS) is 10.3. The molecule has 0 saturated heterocycles. The van der Waals surface area contributed by atoms with Gasteiger partial charge in [0.25, 0.3) is 0 Å². The van der Waals surface area contributed by atoms with Gasteiger partial charge in [-0.25, -0.2) is 12.1 Å². The molecule has 18 heavy (non-hydrogen) atoms. The fourth-order valence-corrected chi connectivity index (χ4v) is 0.780. The summed E-state index contributed by atoms with van der Waals surface area (Å²) in [5.41, 5.74) is 5.43. The van der Waals surface area contributed by atoms with Gasteiger partial charge < -0.3 is 24.8 Å². The van der Waals surface area contributed by atoms with Gasteiger partial charge >= 0.3 is 37.6 Å². The van der Waals surface area contributed by atoms with E-state index in [0.717, 1.165) is 0 Å². The molecule has 0 amide bonds. The van der Waals surface area contributed by atoms with E-state index in [-0.39, 0.29) is 24.8 Å². The van der Waals surface area contributed by atoms with Crippen LogP contribution in [0.5, 0.6) is 0 Å². The molecule has 1 aromatic rings. The Bertz CT molecular complexity index is 373. The maximum absolute atomic E-state index is 2.94. The Morgan fingerprint density at radius 3 is 1.72 bits per heavy atom. The Kier molecular flexibility index (Phi) is 18.9. The van der Waals surface area contributed by atoms with E-state index in [1.807, 2.05) is 43.3 Å². The smallest absolute Gasteiger partial charge is 0.172 e. The summed E-state index contributed by atoms with van der Waals surface area (Å²) < 4.78 is 1.42. The van der Waals surface area contributed by atoms with Gasteiger partial charge in [0, 0.05) is 0 Å². The van der Waals surface area contributed by atoms with Crippen LogP contribution in [0.2, 0.25) is 0 Å². The minimum atomic E-state index is 0. The molecule has 0 aliphatic heterocycles. The van der Waals surface area contributed by atoms with Crippen LogP contribution in [0.3, 0.4) is 0 Å². The molecular weight excluding hydrogens is 299 g/mol. The van der Waals surface area contributed by atoms with E-state index in [4.69, 9.17) is 0 Å². The van der Waals surface area contributed by atoms with Crippen molar-refractivity contribution in [1.82, 2.24) is 0 Å². The molecule has 98 valence electrons. The van der Waals surface area contributed by atoms with Crippen LogP contribution in [-0.4, -0.2) is 3.81 Å². The summed E-state index contributed by atoms with van der Waals surface area (Å²) in [5, 5.41) is 0. The van der Waals surface area contributed by atoms with Crippen molar-refractivity contribution < 1.29 is 44.8 Å². The Labute approximate surface area is 135 Å². The summed E-state index contributed by atoms with van der Waals surface area (Å²) in [4.78, 5) is 0. The maximum Gasteiger partial charge on any atom is -0.172 e. The molecule has 2 rings (SSSR count). The molecule has 0 saturated carbocycles. The van der Waals surface area contributed by atoms with E-state index in [1.165, 1.54) is 15.0 Å². The van der Waals surface area contributed by atoms with Crippen molar-refractivity contribution in [2.24, 2.45) is 0 Å². The molecule has 1 aliphatic rings. The van der Waals surface area contributed by atoms with Crippen molar-refractivity contribution >= 4 is 3.81 Å². The van der Waals surface area contributed by atoms with Gasteiger partial charge in [-0.1, -0.05) is 13.8 Å². The van der Waals surface area contributed by atoms with Crippen molar-refractivity contribution in [3.05, 3.63) is 59.4 Å². The first-order chi connectivity index (χ1) is 7.54. The average molecular weight is 317 g/mol. The molecule has 0 nitrogen and oxygen atoms in total. The van der Waals surface area contributed by atoms with Gasteiger partial charge in [-0.2, -0.15) is 35.4 Å². The fourth-order valence-electron chi connectivity index (χ4n) is 0.780. The van der Waals surface area contributed by atoms with E-state index in [9.17, 15) is 0 Å². The van der Waals surface area contributed by atoms with Crippen LogP contribution in [0.25, 0.3) is 0 Å². The molecule has 0 fully saturated rings. The van der Waals surface area contributed by atoms with Gasteiger partial charge in [0.05, 0.1) is 0 Å². The molecule has 0 spiro atoms. The van der Waals surface area contributed by atoms with E-state index in [0.29, 0.717) is 0 Å². The standard InChI is InChI=1S/C7H7.C5H5.C3H6.2ClH.Ti/c1-6-4-3-5-7(6)2;1-2-4-5-3-1;1-3-2;;;/h4H,1-2H3;1-5H;1-2H3;2*1H;/q2*-1;;;;+2/p-2. The van der Waals surface area contributed by atoms with Crippen LogP contribution in [0.1, 0.15) is 27.7 Å². The van der Waals surface area contributed by atoms with Gasteiger partial charge in [-0.3, -0.25) is 5.73 Å². The van der Waals surface area contributed by atoms with Gasteiger partial charge in [0.1, 0.15) is 0 Å². The first-order valence-corrected chi connectivity index (χ1v) is 6.02. The number of rotatable bonds is 0. The van der Waals surface area contributed by atoms with Crippen LogP contribution in [0.15, 0.2) is 53.3 Å². The zero-order valence-electron chi connectivity index (χ0n) is 11.2. The molecule has 1 aliphatic carbocycles. The number of halogens is 2. The predicted molar refractivity (Wildman–Crippen MR) is 68.1 cm³/mol. The molecule has 0 bridgehead atoms. The molecule has 0 unspecified atom stereocenters. The second-order valence-electron chi connectivity index (χ2n) is 3.68. The monoisotopic (exact) mass is 316 g/mol. The quantitative estimate of drug-likeness (QED) is 0.295. The molecule has 0 atom stereocenters. The zero-order chi connectivity index (χ0) is 12.4. The Hall–Kier alpha value is -0.226. The molecule has 0 radical (unpaired) electrons. The second-order valence-corrected chi connectivity index (χ2v) is 5.25. The molecule has 0 N–H and O–H groups in total. The molecule has 0 heterocycles. The van der Waals surface area contributed by atoms with Crippen LogP contribution in [0, 0.1) is 6.08 Å². The van der Waals surface area contributed by atoms with Gasteiger partial charge in [-0.15, -0.1) is 6.08 Å². The first-order valence-electron chi connectivity index (χ1n) is 5.24. The van der Waals surface area contributed by atoms with Crippen LogP contribution in [0.4, 0.5) is 0 Å². The third-order valence-corrected chi connectivity index (χ3v) is 1.70. The summed E-state index contributed by atoms with van der Waals surface area (Å²) >= 11 is 2.08. The van der Waals surface area contributed by atoms with Gasteiger partial charge in [-0.05, 0) is 0 Å². The molecule has 3 heteroatoms. The molecule has 1 aromatic carbocycles. The first kappa shape index (κ1) is 22.9. The minimum Gasteiger partial charge on any atom is -1.00 e. The van der Waals surface area contributed by atoms with Crippen molar-refractivity contribution in [1.29, 1.82) is 0 Å². The molecular formula is C15H18Cl2Ti-2.